The van der Waals surface area contributed by atoms with Crippen LogP contribution in [-0.2, 0) is 0 Å². The van der Waals surface area contributed by atoms with Crippen molar-refractivity contribution in [2.45, 2.75) is 19.8 Å². The molecule has 0 saturated carbocycles. The molecule has 68 valence electrons. The molecule has 1 N–H and O–H groups in total. The Kier molecular flexibility index (Phi) is 1.69. The fraction of sp³-hybridized carbons (Fsp3) is 0.333. The van der Waals surface area contributed by atoms with Crippen molar-refractivity contribution in [1.82, 2.24) is 10.2 Å². The van der Waals surface area contributed by atoms with E-state index in [2.05, 4.69) is 24.0 Å². The molecule has 0 aliphatic heterocycles. The fourth-order valence-corrected chi connectivity index (χ4v) is 1.42. The first-order valence-electron chi connectivity index (χ1n) is 4.26. The zero-order valence-electron chi connectivity index (χ0n) is 7.61. The molecular weight excluding hydrogens is 166 g/mol. The molecule has 0 unspecified atom stereocenters. The summed E-state index contributed by atoms with van der Waals surface area (Å²) in [6, 6.07) is 3.64. The summed E-state index contributed by atoms with van der Waals surface area (Å²) in [5, 5.41) is 19.0. The van der Waals surface area contributed by atoms with Gasteiger partial charge in [0.05, 0.1) is 11.6 Å². The van der Waals surface area contributed by atoms with E-state index < -0.39 is 0 Å². The zero-order valence-corrected chi connectivity index (χ0v) is 7.61. The predicted octanol–water partition coefficient (Wildman–Crippen LogP) is 1.32. The van der Waals surface area contributed by atoms with Crippen molar-refractivity contribution in [2.75, 3.05) is 0 Å². The maximum atomic E-state index is 11.3. The van der Waals surface area contributed by atoms with Crippen molar-refractivity contribution in [3.05, 3.63) is 29.2 Å². The van der Waals surface area contributed by atoms with Gasteiger partial charge in [-0.3, -0.25) is 0 Å². The number of aromatic nitrogens is 3. The lowest BCUT2D eigenvalue weighted by atomic mass is 10.1. The Labute approximate surface area is 75.8 Å². The quantitative estimate of drug-likeness (QED) is 0.527. The van der Waals surface area contributed by atoms with Crippen LogP contribution in [0.1, 0.15) is 25.5 Å². The summed E-state index contributed by atoms with van der Waals surface area (Å²) in [5.41, 5.74) is 1.48. The maximum absolute atomic E-state index is 11.3. The van der Waals surface area contributed by atoms with Crippen molar-refractivity contribution in [3.63, 3.8) is 0 Å². The molecule has 0 aromatic carbocycles. The second kappa shape index (κ2) is 2.73. The summed E-state index contributed by atoms with van der Waals surface area (Å²) in [5.74, 6) is 0.330. The number of nitrogens with one attached hydrogen (secondary N) is 1. The molecule has 0 fully saturated rings. The summed E-state index contributed by atoms with van der Waals surface area (Å²) in [4.78, 5) is 0. The monoisotopic (exact) mass is 177 g/mol. The molecule has 0 saturated heterocycles. The van der Waals surface area contributed by atoms with Crippen LogP contribution in [0.3, 0.4) is 0 Å². The van der Waals surface area contributed by atoms with Gasteiger partial charge in [0.1, 0.15) is 5.69 Å². The summed E-state index contributed by atoms with van der Waals surface area (Å²) in [6.45, 7) is 4.11. The molecule has 0 radical (unpaired) electrons. The van der Waals surface area contributed by atoms with Crippen LogP contribution in [0.5, 0.6) is 0 Å². The number of fused-ring (bicyclic) bond motifs is 1. The Balaban J connectivity index is 2.75. The summed E-state index contributed by atoms with van der Waals surface area (Å²) in [7, 11) is 0. The van der Waals surface area contributed by atoms with Gasteiger partial charge in [0, 0.05) is 5.92 Å². The van der Waals surface area contributed by atoms with Crippen LogP contribution in [0.15, 0.2) is 18.3 Å². The third kappa shape index (κ3) is 1.14. The molecule has 0 aliphatic rings. The predicted molar refractivity (Wildman–Crippen MR) is 49.1 cm³/mol. The standard InChI is InChI=1S/C9H11N3O/c1-6(2)8-7-4-3-5-12(13)9(7)11-10-8/h3-6H,1-2H3,(H,10,11). The normalized spacial score (nSPS) is 11.3. The van der Waals surface area contributed by atoms with Gasteiger partial charge < -0.3 is 5.21 Å². The smallest absolute Gasteiger partial charge is 0.312 e. The summed E-state index contributed by atoms with van der Waals surface area (Å²) < 4.78 is 0.800. The number of hydrogen-bond donors (Lipinski definition) is 1. The van der Waals surface area contributed by atoms with Gasteiger partial charge in [0.15, 0.2) is 0 Å². The van der Waals surface area contributed by atoms with Gasteiger partial charge in [0.2, 0.25) is 0 Å². The Hall–Kier alpha value is -1.58. The molecular formula is C9H11N3O. The number of pyridine rings is 1. The largest absolute Gasteiger partial charge is 0.711 e. The van der Waals surface area contributed by atoms with E-state index in [1.54, 1.807) is 6.07 Å². The third-order valence-corrected chi connectivity index (χ3v) is 2.06. The minimum Gasteiger partial charge on any atom is -0.711 e. The number of nitrogens with zero attached hydrogens (tertiary/aromatic N) is 2. The second-order valence-electron chi connectivity index (χ2n) is 3.36. The van der Waals surface area contributed by atoms with Crippen molar-refractivity contribution in [1.29, 1.82) is 0 Å². The lowest BCUT2D eigenvalue weighted by Gasteiger charge is -2.01. The highest BCUT2D eigenvalue weighted by Crippen LogP contribution is 2.19. The van der Waals surface area contributed by atoms with Crippen molar-refractivity contribution in [2.24, 2.45) is 0 Å². The van der Waals surface area contributed by atoms with Crippen molar-refractivity contribution in [3.8, 4) is 0 Å². The first kappa shape index (κ1) is 8.04. The number of rotatable bonds is 1. The molecule has 0 atom stereocenters. The molecule has 13 heavy (non-hydrogen) atoms. The zero-order chi connectivity index (χ0) is 9.42. The van der Waals surface area contributed by atoms with Gasteiger partial charge >= 0.3 is 5.65 Å². The van der Waals surface area contributed by atoms with Gasteiger partial charge in [-0.15, -0.1) is 5.10 Å². The first-order chi connectivity index (χ1) is 6.20. The highest BCUT2D eigenvalue weighted by Gasteiger charge is 2.14. The van der Waals surface area contributed by atoms with E-state index in [1.807, 2.05) is 6.07 Å². The topological polar surface area (TPSA) is 55.6 Å². The van der Waals surface area contributed by atoms with E-state index >= 15 is 0 Å². The molecule has 0 aliphatic carbocycles. The van der Waals surface area contributed by atoms with Gasteiger partial charge in [-0.1, -0.05) is 18.9 Å². The van der Waals surface area contributed by atoms with Crippen LogP contribution in [0.4, 0.5) is 0 Å². The van der Waals surface area contributed by atoms with Gasteiger partial charge in [-0.25, -0.2) is 4.73 Å². The molecule has 2 aromatic rings. The first-order valence-corrected chi connectivity index (χ1v) is 4.26. The van der Waals surface area contributed by atoms with Gasteiger partial charge in [-0.05, 0) is 12.1 Å². The SMILES string of the molecule is CC(C)c1n[nH]c2c1ccc[n+]2[O-]. The molecule has 4 nitrogen and oxygen atoms in total. The Bertz CT molecular complexity index is 433. The van der Waals surface area contributed by atoms with Crippen molar-refractivity contribution >= 4 is 11.0 Å². The van der Waals surface area contributed by atoms with E-state index in [0.717, 1.165) is 15.8 Å². The van der Waals surface area contributed by atoms with E-state index in [4.69, 9.17) is 0 Å². The molecule has 2 aromatic heterocycles. The summed E-state index contributed by atoms with van der Waals surface area (Å²) in [6.07, 6.45) is 1.46. The lowest BCUT2D eigenvalue weighted by Crippen LogP contribution is -2.25. The second-order valence-corrected chi connectivity index (χ2v) is 3.36. The Morgan fingerprint density at radius 2 is 2.31 bits per heavy atom. The van der Waals surface area contributed by atoms with Crippen molar-refractivity contribution < 1.29 is 4.73 Å². The number of H-pyrrole nitrogens is 1. The molecule has 4 heteroatoms. The minimum absolute atomic E-state index is 0.330. The van der Waals surface area contributed by atoms with Gasteiger partial charge in [-0.2, -0.15) is 0 Å². The molecule has 0 amide bonds. The third-order valence-electron chi connectivity index (χ3n) is 2.06. The van der Waals surface area contributed by atoms with Crippen LogP contribution in [-0.4, -0.2) is 10.2 Å². The average molecular weight is 177 g/mol. The van der Waals surface area contributed by atoms with Crippen LogP contribution < -0.4 is 4.73 Å². The van der Waals surface area contributed by atoms with Crippen LogP contribution in [0.2, 0.25) is 0 Å². The highest BCUT2D eigenvalue weighted by atomic mass is 16.5. The van der Waals surface area contributed by atoms with Gasteiger partial charge in [0.25, 0.3) is 0 Å². The van der Waals surface area contributed by atoms with E-state index in [1.165, 1.54) is 6.20 Å². The Morgan fingerprint density at radius 3 is 3.00 bits per heavy atom. The van der Waals surface area contributed by atoms with E-state index in [-0.39, 0.29) is 0 Å². The number of hydrogen-bond acceptors (Lipinski definition) is 2. The molecule has 2 heterocycles. The maximum Gasteiger partial charge on any atom is 0.312 e. The highest BCUT2D eigenvalue weighted by molar-refractivity contribution is 5.75. The van der Waals surface area contributed by atoms with E-state index in [9.17, 15) is 5.21 Å². The van der Waals surface area contributed by atoms with Crippen LogP contribution in [0, 0.1) is 5.21 Å². The lowest BCUT2D eigenvalue weighted by molar-refractivity contribution is -0.579. The molecule has 2 rings (SSSR count). The average Bonchev–Trinajstić information content (AvgIpc) is 2.48. The van der Waals surface area contributed by atoms with E-state index in [0.29, 0.717) is 11.6 Å². The molecule has 0 spiro atoms. The number of aromatic amines is 1. The fourth-order valence-electron chi connectivity index (χ4n) is 1.42. The van der Waals surface area contributed by atoms with Crippen LogP contribution in [0.25, 0.3) is 11.0 Å². The van der Waals surface area contributed by atoms with Crippen LogP contribution >= 0.6 is 0 Å². The Morgan fingerprint density at radius 1 is 1.54 bits per heavy atom. The molecule has 0 bridgehead atoms. The summed E-state index contributed by atoms with van der Waals surface area (Å²) >= 11 is 0. The minimum atomic E-state index is 0.330.